The van der Waals surface area contributed by atoms with Gasteiger partial charge in [0.1, 0.15) is 0 Å². The van der Waals surface area contributed by atoms with Crippen LogP contribution >= 0.6 is 0 Å². The van der Waals surface area contributed by atoms with E-state index in [9.17, 15) is 13.2 Å². The summed E-state index contributed by atoms with van der Waals surface area (Å²) in [7, 11) is -3.66. The Labute approximate surface area is 149 Å². The number of hydrogen-bond acceptors (Lipinski definition) is 3. The standard InChI is InChI=1S/C19H24N2O3S/c1-4-15(5-2)19(22)20-16-10-12-18(13-11-16)25(23,24)21-17-8-6-14(3)7-9-17/h6-13,15,21H,4-5H2,1-3H3,(H,20,22). The van der Waals surface area contributed by atoms with Crippen LogP contribution in [0.25, 0.3) is 0 Å². The van der Waals surface area contributed by atoms with Crippen LogP contribution in [0.15, 0.2) is 53.4 Å². The summed E-state index contributed by atoms with van der Waals surface area (Å²) in [5.74, 6) is -0.0787. The lowest BCUT2D eigenvalue weighted by molar-refractivity contribution is -0.120. The van der Waals surface area contributed by atoms with Gasteiger partial charge in [-0.25, -0.2) is 8.42 Å². The van der Waals surface area contributed by atoms with Gasteiger partial charge in [0, 0.05) is 17.3 Å². The van der Waals surface area contributed by atoms with Gasteiger partial charge < -0.3 is 5.32 Å². The number of anilines is 2. The summed E-state index contributed by atoms with van der Waals surface area (Å²) in [5.41, 5.74) is 2.16. The number of nitrogens with one attached hydrogen (secondary N) is 2. The molecule has 5 nitrogen and oxygen atoms in total. The molecule has 0 saturated heterocycles. The number of sulfonamides is 1. The van der Waals surface area contributed by atoms with E-state index in [1.54, 1.807) is 24.3 Å². The lowest BCUT2D eigenvalue weighted by Crippen LogP contribution is -2.21. The fourth-order valence-electron chi connectivity index (χ4n) is 2.46. The maximum Gasteiger partial charge on any atom is 0.261 e. The van der Waals surface area contributed by atoms with Gasteiger partial charge in [0.2, 0.25) is 5.91 Å². The first-order chi connectivity index (χ1) is 11.9. The average Bonchev–Trinajstić information content (AvgIpc) is 2.58. The van der Waals surface area contributed by atoms with Crippen LogP contribution in [-0.2, 0) is 14.8 Å². The van der Waals surface area contributed by atoms with Gasteiger partial charge in [0.15, 0.2) is 0 Å². The van der Waals surface area contributed by atoms with Crippen molar-refractivity contribution >= 4 is 27.3 Å². The van der Waals surface area contributed by atoms with Crippen LogP contribution in [0.4, 0.5) is 11.4 Å². The van der Waals surface area contributed by atoms with E-state index in [1.165, 1.54) is 12.1 Å². The van der Waals surface area contributed by atoms with Crippen LogP contribution in [0.2, 0.25) is 0 Å². The molecule has 0 heterocycles. The molecular formula is C19H24N2O3S. The summed E-state index contributed by atoms with van der Waals surface area (Å²) in [5, 5.41) is 2.82. The number of hydrogen-bond donors (Lipinski definition) is 2. The number of carbonyl (C=O) groups is 1. The maximum absolute atomic E-state index is 12.4. The van der Waals surface area contributed by atoms with E-state index >= 15 is 0 Å². The van der Waals surface area contributed by atoms with E-state index in [4.69, 9.17) is 0 Å². The van der Waals surface area contributed by atoms with E-state index in [2.05, 4.69) is 10.0 Å². The summed E-state index contributed by atoms with van der Waals surface area (Å²) in [6, 6.07) is 13.3. The fraction of sp³-hybridized carbons (Fsp3) is 0.316. The zero-order valence-corrected chi connectivity index (χ0v) is 15.6. The van der Waals surface area contributed by atoms with Crippen molar-refractivity contribution in [1.82, 2.24) is 0 Å². The Bertz CT molecular complexity index is 809. The van der Waals surface area contributed by atoms with Crippen LogP contribution in [0, 0.1) is 12.8 Å². The minimum absolute atomic E-state index is 0.0355. The average molecular weight is 360 g/mol. The van der Waals surface area contributed by atoms with Crippen molar-refractivity contribution in [2.24, 2.45) is 5.92 Å². The SMILES string of the molecule is CCC(CC)C(=O)Nc1ccc(S(=O)(=O)Nc2ccc(C)cc2)cc1. The van der Waals surface area contributed by atoms with Gasteiger partial charge in [-0.3, -0.25) is 9.52 Å². The Morgan fingerprint density at radius 3 is 1.96 bits per heavy atom. The molecule has 0 spiro atoms. The van der Waals surface area contributed by atoms with Crippen LogP contribution in [-0.4, -0.2) is 14.3 Å². The zero-order chi connectivity index (χ0) is 18.4. The van der Waals surface area contributed by atoms with Gasteiger partial charge in [-0.15, -0.1) is 0 Å². The minimum Gasteiger partial charge on any atom is -0.326 e. The molecule has 25 heavy (non-hydrogen) atoms. The third-order valence-corrected chi connectivity index (χ3v) is 5.49. The summed E-state index contributed by atoms with van der Waals surface area (Å²) >= 11 is 0. The molecule has 0 unspecified atom stereocenters. The topological polar surface area (TPSA) is 75.3 Å². The molecule has 134 valence electrons. The second-order valence-electron chi connectivity index (χ2n) is 6.00. The Balaban J connectivity index is 2.10. The van der Waals surface area contributed by atoms with Crippen molar-refractivity contribution in [2.45, 2.75) is 38.5 Å². The van der Waals surface area contributed by atoms with Crippen molar-refractivity contribution in [2.75, 3.05) is 10.0 Å². The lowest BCUT2D eigenvalue weighted by Gasteiger charge is -2.13. The monoisotopic (exact) mass is 360 g/mol. The second kappa shape index (κ2) is 8.16. The van der Waals surface area contributed by atoms with Crippen molar-refractivity contribution in [3.63, 3.8) is 0 Å². The molecule has 0 aromatic heterocycles. The molecule has 0 aliphatic rings. The van der Waals surface area contributed by atoms with Crippen LogP contribution in [0.1, 0.15) is 32.3 Å². The second-order valence-corrected chi connectivity index (χ2v) is 7.68. The van der Waals surface area contributed by atoms with Crippen molar-refractivity contribution in [3.05, 3.63) is 54.1 Å². The molecule has 0 aliphatic heterocycles. The maximum atomic E-state index is 12.4. The third-order valence-electron chi connectivity index (χ3n) is 4.09. The highest BCUT2D eigenvalue weighted by Gasteiger charge is 2.16. The molecule has 2 aromatic carbocycles. The first-order valence-corrected chi connectivity index (χ1v) is 9.84. The van der Waals surface area contributed by atoms with Gasteiger partial charge in [-0.2, -0.15) is 0 Å². The van der Waals surface area contributed by atoms with E-state index in [-0.39, 0.29) is 16.7 Å². The number of aryl methyl sites for hydroxylation is 1. The Morgan fingerprint density at radius 1 is 0.920 bits per heavy atom. The van der Waals surface area contributed by atoms with Gasteiger partial charge >= 0.3 is 0 Å². The molecule has 6 heteroatoms. The van der Waals surface area contributed by atoms with E-state index < -0.39 is 10.0 Å². The molecular weight excluding hydrogens is 336 g/mol. The molecule has 1 amide bonds. The Kier molecular flexibility index (Phi) is 6.20. The summed E-state index contributed by atoms with van der Waals surface area (Å²) in [6.07, 6.45) is 1.55. The fourth-order valence-corrected chi connectivity index (χ4v) is 3.52. The first-order valence-electron chi connectivity index (χ1n) is 8.36. The zero-order valence-electron chi connectivity index (χ0n) is 14.7. The molecule has 0 fully saturated rings. The molecule has 2 rings (SSSR count). The number of carbonyl (C=O) groups excluding carboxylic acids is 1. The van der Waals surface area contributed by atoms with Crippen LogP contribution < -0.4 is 10.0 Å². The molecule has 2 N–H and O–H groups in total. The van der Waals surface area contributed by atoms with Crippen LogP contribution in [0.5, 0.6) is 0 Å². The first kappa shape index (κ1) is 19.0. The van der Waals surface area contributed by atoms with E-state index in [0.29, 0.717) is 11.4 Å². The predicted octanol–water partition coefficient (Wildman–Crippen LogP) is 4.17. The molecule has 0 radical (unpaired) electrons. The van der Waals surface area contributed by atoms with Crippen molar-refractivity contribution in [3.8, 4) is 0 Å². The molecule has 2 aromatic rings. The highest BCUT2D eigenvalue weighted by molar-refractivity contribution is 7.92. The Hall–Kier alpha value is -2.34. The smallest absolute Gasteiger partial charge is 0.261 e. The van der Waals surface area contributed by atoms with Gasteiger partial charge in [0.25, 0.3) is 10.0 Å². The summed E-state index contributed by atoms with van der Waals surface area (Å²) < 4.78 is 27.4. The van der Waals surface area contributed by atoms with Crippen LogP contribution in [0.3, 0.4) is 0 Å². The van der Waals surface area contributed by atoms with Crippen molar-refractivity contribution in [1.29, 1.82) is 0 Å². The van der Waals surface area contributed by atoms with Gasteiger partial charge in [-0.05, 0) is 56.2 Å². The van der Waals surface area contributed by atoms with E-state index in [1.807, 2.05) is 32.9 Å². The quantitative estimate of drug-likeness (QED) is 0.778. The molecule has 0 aliphatic carbocycles. The van der Waals surface area contributed by atoms with Gasteiger partial charge in [-0.1, -0.05) is 31.5 Å². The van der Waals surface area contributed by atoms with Crippen molar-refractivity contribution < 1.29 is 13.2 Å². The predicted molar refractivity (Wildman–Crippen MR) is 101 cm³/mol. The largest absolute Gasteiger partial charge is 0.326 e. The summed E-state index contributed by atoms with van der Waals surface area (Å²) in [6.45, 7) is 5.88. The third kappa shape index (κ3) is 5.06. The Morgan fingerprint density at radius 2 is 1.44 bits per heavy atom. The number of amides is 1. The number of benzene rings is 2. The minimum atomic E-state index is -3.66. The lowest BCUT2D eigenvalue weighted by atomic mass is 10.0. The normalized spacial score (nSPS) is 11.4. The van der Waals surface area contributed by atoms with Gasteiger partial charge in [0.05, 0.1) is 4.90 Å². The molecule has 0 bridgehead atoms. The number of rotatable bonds is 7. The summed E-state index contributed by atoms with van der Waals surface area (Å²) in [4.78, 5) is 12.2. The highest BCUT2D eigenvalue weighted by Crippen LogP contribution is 2.19. The molecule has 0 atom stereocenters. The van der Waals surface area contributed by atoms with E-state index in [0.717, 1.165) is 18.4 Å². The highest BCUT2D eigenvalue weighted by atomic mass is 32.2. The molecule has 0 saturated carbocycles.